The van der Waals surface area contributed by atoms with E-state index in [4.69, 9.17) is 6.57 Å². The van der Waals surface area contributed by atoms with E-state index in [0.717, 1.165) is 11.1 Å². The third kappa shape index (κ3) is 2.50. The van der Waals surface area contributed by atoms with Gasteiger partial charge in [-0.2, -0.15) is 0 Å². The molecule has 0 aromatic heterocycles. The summed E-state index contributed by atoms with van der Waals surface area (Å²) in [6.07, 6.45) is 0. The van der Waals surface area contributed by atoms with Crippen molar-refractivity contribution in [3.05, 3.63) is 77.1 Å². The predicted molar refractivity (Wildman–Crippen MR) is 64.0 cm³/mol. The zero-order valence-electron chi connectivity index (χ0n) is 8.57. The number of rotatable bonds is 0. The van der Waals surface area contributed by atoms with Crippen LogP contribution in [0.25, 0.3) is 4.85 Å². The van der Waals surface area contributed by atoms with Gasteiger partial charge in [0.2, 0.25) is 0 Å². The molecule has 0 amide bonds. The van der Waals surface area contributed by atoms with Crippen LogP contribution in [0.1, 0.15) is 11.1 Å². The second-order valence-electron chi connectivity index (χ2n) is 3.20. The molecule has 0 heterocycles. The zero-order chi connectivity index (χ0) is 11.2. The molecule has 0 saturated heterocycles. The summed E-state index contributed by atoms with van der Waals surface area (Å²) < 4.78 is 0. The van der Waals surface area contributed by atoms with E-state index in [2.05, 4.69) is 22.8 Å². The van der Waals surface area contributed by atoms with Gasteiger partial charge in [-0.25, -0.2) is 4.85 Å². The lowest BCUT2D eigenvalue weighted by Crippen LogP contribution is -1.74. The molecule has 73 valence electrons. The minimum atomic E-state index is 0.639. The lowest BCUT2D eigenvalue weighted by molar-refractivity contribution is 1.62. The molecular formula is C15H8N. The standard InChI is InChI=1S/C15H8N/c1-16-15-11-9-14(10-12-15)8-7-13-5-3-2-4-6-13/h3-6,9-12H. The molecule has 1 radical (unpaired) electrons. The molecule has 0 bridgehead atoms. The second-order valence-corrected chi connectivity index (χ2v) is 3.20. The Morgan fingerprint density at radius 1 is 0.875 bits per heavy atom. The highest BCUT2D eigenvalue weighted by Crippen LogP contribution is 2.11. The van der Waals surface area contributed by atoms with Gasteiger partial charge in [0.15, 0.2) is 5.69 Å². The van der Waals surface area contributed by atoms with E-state index in [-0.39, 0.29) is 0 Å². The van der Waals surface area contributed by atoms with Crippen LogP contribution in [0, 0.1) is 24.5 Å². The first-order chi connectivity index (χ1) is 7.88. The molecule has 0 unspecified atom stereocenters. The summed E-state index contributed by atoms with van der Waals surface area (Å²) in [7, 11) is 0. The summed E-state index contributed by atoms with van der Waals surface area (Å²) in [5.74, 6) is 6.10. The average molecular weight is 202 g/mol. The Balaban J connectivity index is 2.22. The summed E-state index contributed by atoms with van der Waals surface area (Å²) >= 11 is 0. The Kier molecular flexibility index (Phi) is 3.02. The first-order valence-corrected chi connectivity index (χ1v) is 4.84. The van der Waals surface area contributed by atoms with Crippen LogP contribution in [0.5, 0.6) is 0 Å². The predicted octanol–water partition coefficient (Wildman–Crippen LogP) is 3.44. The molecule has 2 aromatic carbocycles. The third-order valence-electron chi connectivity index (χ3n) is 2.07. The van der Waals surface area contributed by atoms with E-state index in [1.807, 2.05) is 36.4 Å². The summed E-state index contributed by atoms with van der Waals surface area (Å²) in [6, 6.07) is 17.7. The minimum Gasteiger partial charge on any atom is -0.238 e. The van der Waals surface area contributed by atoms with Gasteiger partial charge in [-0.3, -0.25) is 0 Å². The Bertz CT molecular complexity index is 563. The highest BCUT2D eigenvalue weighted by atomic mass is 14.6. The van der Waals surface area contributed by atoms with Crippen LogP contribution in [0.15, 0.2) is 48.5 Å². The monoisotopic (exact) mass is 202 g/mol. The van der Waals surface area contributed by atoms with Gasteiger partial charge in [-0.05, 0) is 18.2 Å². The summed E-state index contributed by atoms with van der Waals surface area (Å²) in [5.41, 5.74) is 2.52. The summed E-state index contributed by atoms with van der Waals surface area (Å²) in [4.78, 5) is 3.33. The average Bonchev–Trinajstić information content (AvgIpc) is 2.38. The Labute approximate surface area is 95.2 Å². The van der Waals surface area contributed by atoms with Gasteiger partial charge in [-0.15, -0.1) is 0 Å². The van der Waals surface area contributed by atoms with Crippen LogP contribution >= 0.6 is 0 Å². The van der Waals surface area contributed by atoms with Crippen molar-refractivity contribution in [1.82, 2.24) is 0 Å². The van der Waals surface area contributed by atoms with Crippen LogP contribution in [0.2, 0.25) is 0 Å². The Hall–Kier alpha value is -2.51. The third-order valence-corrected chi connectivity index (χ3v) is 2.07. The second kappa shape index (κ2) is 4.82. The number of benzene rings is 2. The summed E-state index contributed by atoms with van der Waals surface area (Å²) in [5, 5.41) is 0. The van der Waals surface area contributed by atoms with Crippen LogP contribution < -0.4 is 0 Å². The van der Waals surface area contributed by atoms with Gasteiger partial charge >= 0.3 is 0 Å². The smallest absolute Gasteiger partial charge is 0.187 e. The fourth-order valence-electron chi connectivity index (χ4n) is 1.23. The summed E-state index contributed by atoms with van der Waals surface area (Å²) in [6.45, 7) is 6.84. The van der Waals surface area contributed by atoms with Gasteiger partial charge in [0, 0.05) is 11.1 Å². The largest absolute Gasteiger partial charge is 0.238 e. The van der Waals surface area contributed by atoms with Gasteiger partial charge in [0.1, 0.15) is 0 Å². The first-order valence-electron chi connectivity index (χ1n) is 4.84. The molecule has 0 N–H and O–H groups in total. The number of hydrogen-bond acceptors (Lipinski definition) is 0. The molecule has 2 aromatic rings. The number of hydrogen-bond donors (Lipinski definition) is 0. The topological polar surface area (TPSA) is 4.36 Å². The molecule has 1 nitrogen and oxygen atoms in total. The molecule has 0 aliphatic rings. The normalized spacial score (nSPS) is 8.69. The van der Waals surface area contributed by atoms with E-state index in [0.29, 0.717) is 5.69 Å². The molecule has 0 atom stereocenters. The van der Waals surface area contributed by atoms with Crippen LogP contribution in [-0.2, 0) is 0 Å². The Morgan fingerprint density at radius 2 is 1.44 bits per heavy atom. The maximum atomic E-state index is 6.84. The molecule has 0 aliphatic heterocycles. The van der Waals surface area contributed by atoms with Crippen molar-refractivity contribution < 1.29 is 0 Å². The van der Waals surface area contributed by atoms with Gasteiger partial charge in [-0.1, -0.05) is 48.2 Å². The van der Waals surface area contributed by atoms with Gasteiger partial charge in [0.25, 0.3) is 0 Å². The van der Waals surface area contributed by atoms with Crippen molar-refractivity contribution in [3.63, 3.8) is 0 Å². The van der Waals surface area contributed by atoms with Crippen molar-refractivity contribution in [2.24, 2.45) is 0 Å². The van der Waals surface area contributed by atoms with Crippen LogP contribution in [-0.4, -0.2) is 0 Å². The lowest BCUT2D eigenvalue weighted by atomic mass is 10.2. The molecule has 0 fully saturated rings. The van der Waals surface area contributed by atoms with E-state index in [9.17, 15) is 0 Å². The fourth-order valence-corrected chi connectivity index (χ4v) is 1.23. The van der Waals surface area contributed by atoms with Crippen molar-refractivity contribution in [2.75, 3.05) is 0 Å². The molecule has 2 rings (SSSR count). The molecule has 0 spiro atoms. The van der Waals surface area contributed by atoms with Crippen molar-refractivity contribution in [2.45, 2.75) is 0 Å². The molecule has 16 heavy (non-hydrogen) atoms. The van der Waals surface area contributed by atoms with Gasteiger partial charge < -0.3 is 0 Å². The zero-order valence-corrected chi connectivity index (χ0v) is 8.57. The minimum absolute atomic E-state index is 0.639. The SMILES string of the molecule is [C-]#[N+]c1ccc(C#Cc2cc[c]cc2)cc1. The highest BCUT2D eigenvalue weighted by Gasteiger charge is 1.89. The Morgan fingerprint density at radius 3 is 2.00 bits per heavy atom. The van der Waals surface area contributed by atoms with E-state index in [1.54, 1.807) is 12.1 Å². The quantitative estimate of drug-likeness (QED) is 0.455. The van der Waals surface area contributed by atoms with E-state index < -0.39 is 0 Å². The first kappa shape index (κ1) is 10.0. The highest BCUT2D eigenvalue weighted by molar-refractivity contribution is 5.50. The number of nitrogens with zero attached hydrogens (tertiary/aromatic N) is 1. The van der Waals surface area contributed by atoms with Crippen molar-refractivity contribution in [1.29, 1.82) is 0 Å². The van der Waals surface area contributed by atoms with Crippen LogP contribution in [0.4, 0.5) is 5.69 Å². The molecular weight excluding hydrogens is 194 g/mol. The van der Waals surface area contributed by atoms with Crippen LogP contribution in [0.3, 0.4) is 0 Å². The molecule has 1 heteroatoms. The maximum Gasteiger partial charge on any atom is 0.187 e. The fraction of sp³-hybridized carbons (Fsp3) is 0. The van der Waals surface area contributed by atoms with E-state index in [1.165, 1.54) is 0 Å². The molecule has 0 saturated carbocycles. The van der Waals surface area contributed by atoms with E-state index >= 15 is 0 Å². The van der Waals surface area contributed by atoms with Gasteiger partial charge in [0.05, 0.1) is 6.57 Å². The van der Waals surface area contributed by atoms with Crippen molar-refractivity contribution >= 4 is 5.69 Å². The molecule has 0 aliphatic carbocycles. The lowest BCUT2D eigenvalue weighted by Gasteiger charge is -1.90. The van der Waals surface area contributed by atoms with Crippen molar-refractivity contribution in [3.8, 4) is 11.8 Å². The maximum absolute atomic E-state index is 6.84.